The Morgan fingerprint density at radius 2 is 1.58 bits per heavy atom. The summed E-state index contributed by atoms with van der Waals surface area (Å²) in [5, 5.41) is 0.876. The third-order valence-electron chi connectivity index (χ3n) is 3.05. The molecule has 0 atom stereocenters. The summed E-state index contributed by atoms with van der Waals surface area (Å²) in [5.41, 5.74) is -2.74. The molecule has 0 aromatic heterocycles. The highest BCUT2D eigenvalue weighted by Crippen LogP contribution is 2.43. The summed E-state index contributed by atoms with van der Waals surface area (Å²) < 4.78 is 101. The normalized spacial score (nSPS) is 13.4. The Morgan fingerprint density at radius 1 is 1.08 bits per heavy atom. The highest BCUT2D eigenvalue weighted by atomic mass is 35.5. The van der Waals surface area contributed by atoms with Crippen LogP contribution in [0.1, 0.15) is 6.92 Å². The van der Waals surface area contributed by atoms with Gasteiger partial charge in [-0.2, -0.15) is 26.3 Å². The van der Waals surface area contributed by atoms with E-state index in [9.17, 15) is 34.8 Å². The van der Waals surface area contributed by atoms with Crippen LogP contribution in [0.4, 0.5) is 26.3 Å². The number of nitrogens with one attached hydrogen (secondary N) is 3. The molecule has 1 aromatic rings. The van der Waals surface area contributed by atoms with Crippen molar-refractivity contribution in [3.8, 4) is 0 Å². The highest BCUT2D eigenvalue weighted by Gasteiger charge is 2.68. The monoisotopic (exact) mass is 445 g/mol. The molecule has 14 heteroatoms. The summed E-state index contributed by atoms with van der Waals surface area (Å²) >= 11 is 11.3. The molecule has 1 rings (SSSR count). The number of rotatable bonds is 6. The van der Waals surface area contributed by atoms with Gasteiger partial charge in [0, 0.05) is 5.02 Å². The van der Waals surface area contributed by atoms with Crippen molar-refractivity contribution in [3.05, 3.63) is 40.6 Å². The molecule has 0 spiro atoms. The zero-order valence-electron chi connectivity index (χ0n) is 12.7. The van der Waals surface area contributed by atoms with E-state index in [1.807, 2.05) is 0 Å². The van der Waals surface area contributed by atoms with Gasteiger partial charge >= 0.3 is 12.4 Å². The highest BCUT2D eigenvalue weighted by molar-refractivity contribution is 7.89. The number of hydrogen-bond donors (Lipinski definition) is 3. The number of halogens is 8. The molecule has 0 saturated heterocycles. The van der Waals surface area contributed by atoms with Crippen molar-refractivity contribution in [3.63, 3.8) is 0 Å². The Morgan fingerprint density at radius 3 is 2.00 bits per heavy atom. The smallest absolute Gasteiger partial charge is 0.350 e. The first-order valence-corrected chi connectivity index (χ1v) is 8.58. The Bertz CT molecular complexity index is 781. The lowest BCUT2D eigenvalue weighted by molar-refractivity contribution is -0.299. The van der Waals surface area contributed by atoms with Gasteiger partial charge in [-0.25, -0.2) is 8.42 Å². The van der Waals surface area contributed by atoms with Crippen molar-refractivity contribution in [1.29, 1.82) is 0 Å². The minimum absolute atomic E-state index is 0.110. The first-order chi connectivity index (χ1) is 11.5. The van der Waals surface area contributed by atoms with E-state index in [0.29, 0.717) is 0 Å². The minimum Gasteiger partial charge on any atom is -0.350 e. The van der Waals surface area contributed by atoms with Gasteiger partial charge in [-0.1, -0.05) is 29.8 Å². The van der Waals surface area contributed by atoms with Crippen LogP contribution in [0.15, 0.2) is 35.5 Å². The first-order valence-electron chi connectivity index (χ1n) is 6.35. The van der Waals surface area contributed by atoms with Gasteiger partial charge in [-0.15, -0.1) is 4.83 Å². The molecule has 0 heterocycles. The van der Waals surface area contributed by atoms with Crippen molar-refractivity contribution in [2.24, 2.45) is 0 Å². The van der Waals surface area contributed by atoms with Crippen molar-refractivity contribution < 1.29 is 34.8 Å². The molecule has 1 aromatic carbocycles. The standard InChI is InChI=1S/C12H11Cl2F6N3O2S/c1-6(21-10(2,11(15,16)17)12(18,19)20)22-23-26(24,25)9-4-3-7(13)5-8(9)14/h3-5,21-23H,1H2,2H3. The molecule has 26 heavy (non-hydrogen) atoms. The van der Waals surface area contributed by atoms with Crippen LogP contribution in [0.5, 0.6) is 0 Å². The zero-order chi connectivity index (χ0) is 20.6. The first kappa shape index (κ1) is 22.7. The Balaban J connectivity index is 2.95. The molecule has 5 nitrogen and oxygen atoms in total. The molecule has 148 valence electrons. The van der Waals surface area contributed by atoms with Gasteiger partial charge in [0.25, 0.3) is 10.0 Å². The predicted octanol–water partition coefficient (Wildman–Crippen LogP) is 3.72. The van der Waals surface area contributed by atoms with Crippen molar-refractivity contribution in [2.45, 2.75) is 29.7 Å². The second-order valence-corrected chi connectivity index (χ2v) is 7.52. The van der Waals surface area contributed by atoms with Crippen molar-refractivity contribution in [1.82, 2.24) is 15.6 Å². The van der Waals surface area contributed by atoms with E-state index in [1.54, 1.807) is 10.3 Å². The topological polar surface area (TPSA) is 70.2 Å². The predicted molar refractivity (Wildman–Crippen MR) is 82.7 cm³/mol. The second kappa shape index (κ2) is 7.33. The largest absolute Gasteiger partial charge is 0.420 e. The zero-order valence-corrected chi connectivity index (χ0v) is 15.0. The third kappa shape index (κ3) is 4.87. The van der Waals surface area contributed by atoms with Gasteiger partial charge in [-0.3, -0.25) is 5.43 Å². The number of benzene rings is 1. The van der Waals surface area contributed by atoms with Crippen LogP contribution in [0.2, 0.25) is 10.0 Å². The molecule has 3 N–H and O–H groups in total. The molecule has 0 radical (unpaired) electrons. The molecular weight excluding hydrogens is 435 g/mol. The van der Waals surface area contributed by atoms with Gasteiger partial charge in [-0.05, 0) is 25.1 Å². The van der Waals surface area contributed by atoms with Crippen LogP contribution in [0, 0.1) is 0 Å². The second-order valence-electron chi connectivity index (χ2n) is 5.03. The van der Waals surface area contributed by atoms with Crippen LogP contribution in [0.3, 0.4) is 0 Å². The maximum Gasteiger partial charge on any atom is 0.420 e. The molecule has 0 aliphatic carbocycles. The van der Waals surface area contributed by atoms with E-state index in [1.165, 1.54) is 6.07 Å². The summed E-state index contributed by atoms with van der Waals surface area (Å²) in [6.07, 6.45) is -11.5. The minimum atomic E-state index is -5.74. The van der Waals surface area contributed by atoms with E-state index >= 15 is 0 Å². The summed E-state index contributed by atoms with van der Waals surface area (Å²) in [7, 11) is -4.44. The molecule has 0 saturated carbocycles. The molecular formula is C12H11Cl2F6N3O2S. The van der Waals surface area contributed by atoms with E-state index in [4.69, 9.17) is 23.2 Å². The number of alkyl halides is 6. The maximum atomic E-state index is 12.8. The van der Waals surface area contributed by atoms with Crippen molar-refractivity contribution >= 4 is 33.2 Å². The molecule has 0 bridgehead atoms. The van der Waals surface area contributed by atoms with Crippen LogP contribution < -0.4 is 15.6 Å². The Hall–Kier alpha value is -1.37. The van der Waals surface area contributed by atoms with E-state index < -0.39 is 38.6 Å². The van der Waals surface area contributed by atoms with Crippen LogP contribution in [0.25, 0.3) is 0 Å². The van der Waals surface area contributed by atoms with Crippen molar-refractivity contribution in [2.75, 3.05) is 0 Å². The molecule has 0 fully saturated rings. The molecule has 0 aliphatic heterocycles. The van der Waals surface area contributed by atoms with Gasteiger partial charge in [0.1, 0.15) is 10.7 Å². The average Bonchev–Trinajstić information content (AvgIpc) is 2.42. The van der Waals surface area contributed by atoms with E-state index in [-0.39, 0.29) is 17.0 Å². The van der Waals surface area contributed by atoms with Gasteiger partial charge in [0.05, 0.1) is 5.02 Å². The van der Waals surface area contributed by atoms with Gasteiger partial charge < -0.3 is 5.32 Å². The fourth-order valence-corrected chi connectivity index (χ4v) is 3.16. The number of hydrogen-bond acceptors (Lipinski definition) is 4. The fourth-order valence-electron chi connectivity index (χ4n) is 1.51. The van der Waals surface area contributed by atoms with Crippen LogP contribution in [-0.2, 0) is 10.0 Å². The molecule has 0 amide bonds. The Kier molecular flexibility index (Phi) is 6.39. The van der Waals surface area contributed by atoms with Crippen LogP contribution >= 0.6 is 23.2 Å². The van der Waals surface area contributed by atoms with E-state index in [2.05, 4.69) is 6.58 Å². The van der Waals surface area contributed by atoms with Gasteiger partial charge in [0.15, 0.2) is 0 Å². The quantitative estimate of drug-likeness (QED) is 0.461. The van der Waals surface area contributed by atoms with Crippen LogP contribution in [-0.4, -0.2) is 26.3 Å². The lowest BCUT2D eigenvalue weighted by Crippen LogP contribution is -2.65. The number of sulfonamides is 1. The summed E-state index contributed by atoms with van der Waals surface area (Å²) in [4.78, 5) is 1.04. The Labute approximate surface area is 154 Å². The number of hydrazine groups is 1. The summed E-state index contributed by atoms with van der Waals surface area (Å²) in [5.74, 6) is -1.10. The maximum absolute atomic E-state index is 12.8. The van der Waals surface area contributed by atoms with Gasteiger partial charge in [0.2, 0.25) is 5.54 Å². The summed E-state index contributed by atoms with van der Waals surface area (Å²) in [6.45, 7) is 2.73. The fraction of sp³-hybridized carbons (Fsp3) is 0.333. The third-order valence-corrected chi connectivity index (χ3v) is 5.02. The molecule has 0 unspecified atom stereocenters. The molecule has 0 aliphatic rings. The average molecular weight is 446 g/mol. The lowest BCUT2D eigenvalue weighted by atomic mass is 10.0. The van der Waals surface area contributed by atoms with E-state index in [0.717, 1.165) is 17.4 Å². The lowest BCUT2D eigenvalue weighted by Gasteiger charge is -2.36. The SMILES string of the molecule is C=C(NNS(=O)(=O)c1ccc(Cl)cc1Cl)NC(C)(C(F)(F)F)C(F)(F)F. The summed E-state index contributed by atoms with van der Waals surface area (Å²) in [6, 6.07) is 3.23.